The van der Waals surface area contributed by atoms with Crippen LogP contribution in [0.25, 0.3) is 6.08 Å². The molecule has 0 aliphatic heterocycles. The molecule has 1 N–H and O–H groups in total. The van der Waals surface area contributed by atoms with Crippen molar-refractivity contribution in [1.82, 2.24) is 0 Å². The van der Waals surface area contributed by atoms with Gasteiger partial charge in [0, 0.05) is 0 Å². The third kappa shape index (κ3) is 4.60. The van der Waals surface area contributed by atoms with Gasteiger partial charge in [0.25, 0.3) is 5.60 Å². The average Bonchev–Trinajstić information content (AvgIpc) is 2.42. The van der Waals surface area contributed by atoms with E-state index in [1.54, 1.807) is 6.08 Å². The van der Waals surface area contributed by atoms with Gasteiger partial charge in [-0.25, -0.2) is 4.79 Å². The Bertz CT molecular complexity index is 490. The van der Waals surface area contributed by atoms with Crippen molar-refractivity contribution < 1.29 is 27.8 Å². The number of aliphatic hydroxyl groups is 1. The van der Waals surface area contributed by atoms with Gasteiger partial charge in [-0.15, -0.1) is 0 Å². The van der Waals surface area contributed by atoms with Crippen LogP contribution in [0.5, 0.6) is 0 Å². The van der Waals surface area contributed by atoms with Crippen LogP contribution >= 0.6 is 0 Å². The Hall–Kier alpha value is -1.82. The van der Waals surface area contributed by atoms with Crippen molar-refractivity contribution in [3.63, 3.8) is 0 Å². The highest BCUT2D eigenvalue weighted by atomic mass is 19.4. The van der Waals surface area contributed by atoms with Crippen LogP contribution in [0.4, 0.5) is 13.2 Å². The van der Waals surface area contributed by atoms with Gasteiger partial charge in [0.05, 0.1) is 6.61 Å². The van der Waals surface area contributed by atoms with E-state index in [9.17, 15) is 18.0 Å². The molecule has 1 aromatic rings. The topological polar surface area (TPSA) is 46.5 Å². The Morgan fingerprint density at radius 3 is 2.38 bits per heavy atom. The highest BCUT2D eigenvalue weighted by Crippen LogP contribution is 2.30. The SMILES string of the molecule is C=Cc1ccc(CCCOC(=O)C(C)(O)C(F)(F)F)cc1. The number of aryl methyl sites for hydroxylation is 1. The van der Waals surface area contributed by atoms with E-state index in [4.69, 9.17) is 5.11 Å². The molecule has 1 atom stereocenters. The molecule has 0 aromatic heterocycles. The average molecular weight is 302 g/mol. The van der Waals surface area contributed by atoms with Gasteiger partial charge >= 0.3 is 12.1 Å². The second-order valence-corrected chi connectivity index (χ2v) is 4.76. The number of carbonyl (C=O) groups excluding carboxylic acids is 1. The van der Waals surface area contributed by atoms with Crippen LogP contribution in [0.1, 0.15) is 24.5 Å². The molecule has 0 radical (unpaired) electrons. The van der Waals surface area contributed by atoms with E-state index >= 15 is 0 Å². The molecular weight excluding hydrogens is 285 g/mol. The third-order valence-electron chi connectivity index (χ3n) is 3.01. The molecule has 0 bridgehead atoms. The molecule has 0 aliphatic rings. The summed E-state index contributed by atoms with van der Waals surface area (Å²) >= 11 is 0. The first kappa shape index (κ1) is 17.2. The summed E-state index contributed by atoms with van der Waals surface area (Å²) in [4.78, 5) is 11.2. The molecule has 1 unspecified atom stereocenters. The molecule has 1 rings (SSSR count). The van der Waals surface area contributed by atoms with Gasteiger partial charge in [-0.05, 0) is 30.9 Å². The highest BCUT2D eigenvalue weighted by molar-refractivity contribution is 5.79. The second-order valence-electron chi connectivity index (χ2n) is 4.76. The minimum atomic E-state index is -5.05. The fourth-order valence-electron chi connectivity index (χ4n) is 1.52. The Kier molecular flexibility index (Phi) is 5.54. The van der Waals surface area contributed by atoms with Gasteiger partial charge in [0.1, 0.15) is 0 Å². The smallest absolute Gasteiger partial charge is 0.427 e. The number of carbonyl (C=O) groups is 1. The van der Waals surface area contributed by atoms with Crippen LogP contribution in [0.2, 0.25) is 0 Å². The number of hydrogen-bond acceptors (Lipinski definition) is 3. The molecular formula is C15H17F3O3. The van der Waals surface area contributed by atoms with E-state index in [1.807, 2.05) is 24.3 Å². The molecule has 0 heterocycles. The van der Waals surface area contributed by atoms with Gasteiger partial charge < -0.3 is 9.84 Å². The summed E-state index contributed by atoms with van der Waals surface area (Å²) in [5, 5.41) is 9.08. The lowest BCUT2D eigenvalue weighted by molar-refractivity contribution is -0.256. The summed E-state index contributed by atoms with van der Waals surface area (Å²) in [6.45, 7) is 3.82. The minimum absolute atomic E-state index is 0.186. The van der Waals surface area contributed by atoms with Crippen molar-refractivity contribution in [1.29, 1.82) is 0 Å². The zero-order valence-corrected chi connectivity index (χ0v) is 11.6. The van der Waals surface area contributed by atoms with E-state index in [-0.39, 0.29) is 6.61 Å². The number of rotatable bonds is 6. The highest BCUT2D eigenvalue weighted by Gasteiger charge is 2.57. The van der Waals surface area contributed by atoms with E-state index < -0.39 is 17.7 Å². The second kappa shape index (κ2) is 6.76. The first-order valence-electron chi connectivity index (χ1n) is 6.36. The van der Waals surface area contributed by atoms with Crippen molar-refractivity contribution >= 4 is 12.0 Å². The Balaban J connectivity index is 2.40. The number of alkyl halides is 3. The molecule has 0 fully saturated rings. The van der Waals surface area contributed by atoms with Crippen molar-refractivity contribution in [2.45, 2.75) is 31.5 Å². The van der Waals surface area contributed by atoms with Crippen molar-refractivity contribution in [2.75, 3.05) is 6.61 Å². The summed E-state index contributed by atoms with van der Waals surface area (Å²) in [5.41, 5.74) is -1.54. The van der Waals surface area contributed by atoms with Crippen LogP contribution in [-0.4, -0.2) is 29.5 Å². The van der Waals surface area contributed by atoms with Gasteiger partial charge in [-0.2, -0.15) is 13.2 Å². The lowest BCUT2D eigenvalue weighted by atomic mass is 10.1. The van der Waals surface area contributed by atoms with Crippen molar-refractivity contribution in [2.24, 2.45) is 0 Å². The largest absolute Gasteiger partial charge is 0.463 e. The van der Waals surface area contributed by atoms with E-state index in [2.05, 4.69) is 11.3 Å². The molecule has 6 heteroatoms. The van der Waals surface area contributed by atoms with Crippen LogP contribution in [0, 0.1) is 0 Å². The lowest BCUT2D eigenvalue weighted by Gasteiger charge is -2.23. The fourth-order valence-corrected chi connectivity index (χ4v) is 1.52. The number of esters is 1. The standard InChI is InChI=1S/C15H17F3O3/c1-3-11-6-8-12(9-7-11)5-4-10-21-13(19)14(2,20)15(16,17)18/h3,6-9,20H,1,4-5,10H2,2H3. The summed E-state index contributed by atoms with van der Waals surface area (Å²) in [6, 6.07) is 7.46. The maximum Gasteiger partial charge on any atom is 0.427 e. The number of hydrogen-bond donors (Lipinski definition) is 1. The molecule has 1 aromatic carbocycles. The zero-order chi connectivity index (χ0) is 16.1. The van der Waals surface area contributed by atoms with Crippen LogP contribution in [0.15, 0.2) is 30.8 Å². The Morgan fingerprint density at radius 2 is 1.90 bits per heavy atom. The van der Waals surface area contributed by atoms with Crippen LogP contribution < -0.4 is 0 Å². The first-order valence-corrected chi connectivity index (χ1v) is 6.36. The molecule has 21 heavy (non-hydrogen) atoms. The fraction of sp³-hybridized carbons (Fsp3) is 0.400. The van der Waals surface area contributed by atoms with Gasteiger partial charge in [0.15, 0.2) is 0 Å². The summed E-state index contributed by atoms with van der Waals surface area (Å²) in [5.74, 6) is -1.68. The minimum Gasteiger partial charge on any atom is -0.463 e. The van der Waals surface area contributed by atoms with Crippen molar-refractivity contribution in [3.8, 4) is 0 Å². The Morgan fingerprint density at radius 1 is 1.33 bits per heavy atom. The summed E-state index contributed by atoms with van der Waals surface area (Å²) < 4.78 is 41.6. The number of halogens is 3. The normalized spacial score (nSPS) is 14.3. The maximum atomic E-state index is 12.4. The Labute approximate surface area is 121 Å². The third-order valence-corrected chi connectivity index (χ3v) is 3.01. The molecule has 0 amide bonds. The van der Waals surface area contributed by atoms with Crippen LogP contribution in [-0.2, 0) is 16.0 Å². The quantitative estimate of drug-likeness (QED) is 0.649. The molecule has 0 saturated heterocycles. The van der Waals surface area contributed by atoms with E-state index in [0.717, 1.165) is 11.1 Å². The first-order chi connectivity index (χ1) is 9.68. The molecule has 116 valence electrons. The molecule has 0 aliphatic carbocycles. The predicted octanol–water partition coefficient (Wildman–Crippen LogP) is 3.12. The zero-order valence-electron chi connectivity index (χ0n) is 11.6. The molecule has 3 nitrogen and oxygen atoms in total. The lowest BCUT2D eigenvalue weighted by Crippen LogP contribution is -2.50. The van der Waals surface area contributed by atoms with E-state index in [0.29, 0.717) is 19.8 Å². The van der Waals surface area contributed by atoms with Crippen LogP contribution in [0.3, 0.4) is 0 Å². The molecule has 0 saturated carbocycles. The summed E-state index contributed by atoms with van der Waals surface area (Å²) in [7, 11) is 0. The number of benzene rings is 1. The van der Waals surface area contributed by atoms with Gasteiger partial charge in [0.2, 0.25) is 0 Å². The monoisotopic (exact) mass is 302 g/mol. The summed E-state index contributed by atoms with van der Waals surface area (Å²) in [6.07, 6.45) is -2.43. The molecule has 0 spiro atoms. The maximum absolute atomic E-state index is 12.4. The van der Waals surface area contributed by atoms with E-state index in [1.165, 1.54) is 0 Å². The van der Waals surface area contributed by atoms with Gasteiger partial charge in [-0.1, -0.05) is 36.9 Å². The number of ether oxygens (including phenoxy) is 1. The van der Waals surface area contributed by atoms with Crippen molar-refractivity contribution in [3.05, 3.63) is 42.0 Å². The van der Waals surface area contributed by atoms with Gasteiger partial charge in [-0.3, -0.25) is 0 Å². The predicted molar refractivity (Wildman–Crippen MR) is 72.5 cm³/mol.